The third-order valence-electron chi connectivity index (χ3n) is 3.65. The van der Waals surface area contributed by atoms with Crippen molar-refractivity contribution >= 4 is 45.7 Å². The van der Waals surface area contributed by atoms with Crippen LogP contribution >= 0.6 is 23.1 Å². The second-order valence-electron chi connectivity index (χ2n) is 5.92. The number of aryl methyl sites for hydroxylation is 1. The Hall–Kier alpha value is -2.64. The zero-order valence-corrected chi connectivity index (χ0v) is 16.6. The lowest BCUT2D eigenvalue weighted by Gasteiger charge is -2.09. The summed E-state index contributed by atoms with van der Waals surface area (Å²) >= 11 is 2.77. The summed E-state index contributed by atoms with van der Waals surface area (Å²) in [5.41, 5.74) is 3.77. The Labute approximate surface area is 166 Å². The highest BCUT2D eigenvalue weighted by Gasteiger charge is 2.10. The summed E-state index contributed by atoms with van der Waals surface area (Å²) in [6, 6.07) is 15.5. The van der Waals surface area contributed by atoms with Gasteiger partial charge in [0.1, 0.15) is 0 Å². The predicted octanol–water partition coefficient (Wildman–Crippen LogP) is 4.81. The standard InChI is InChI=1S/C20H19N3O2S2/c1-13-7-9-15(10-8-13)17-11-27-20(22-17)23-19(25)12-26-18-6-4-3-5-16(18)21-14(2)24/h3-11H,12H2,1-2H3,(H,21,24)(H,22,23,25). The number of para-hydroxylation sites is 1. The first kappa shape index (κ1) is 19.1. The molecule has 0 bridgehead atoms. The lowest BCUT2D eigenvalue weighted by molar-refractivity contribution is -0.114. The SMILES string of the molecule is CC(=O)Nc1ccccc1SCC(=O)Nc1nc(-c2ccc(C)cc2)cs1. The Morgan fingerprint density at radius 2 is 1.81 bits per heavy atom. The van der Waals surface area contributed by atoms with Crippen molar-refractivity contribution in [3.05, 3.63) is 59.5 Å². The van der Waals surface area contributed by atoms with Gasteiger partial charge >= 0.3 is 0 Å². The van der Waals surface area contributed by atoms with E-state index in [0.29, 0.717) is 10.8 Å². The van der Waals surface area contributed by atoms with Crippen molar-refractivity contribution in [1.82, 2.24) is 4.98 Å². The average Bonchev–Trinajstić information content (AvgIpc) is 3.09. The van der Waals surface area contributed by atoms with Crippen LogP contribution in [0.15, 0.2) is 58.8 Å². The molecule has 0 aliphatic rings. The number of thiazole rings is 1. The van der Waals surface area contributed by atoms with E-state index in [9.17, 15) is 9.59 Å². The van der Waals surface area contributed by atoms with E-state index < -0.39 is 0 Å². The van der Waals surface area contributed by atoms with Crippen molar-refractivity contribution in [1.29, 1.82) is 0 Å². The number of benzene rings is 2. The smallest absolute Gasteiger partial charge is 0.236 e. The molecule has 2 aromatic carbocycles. The van der Waals surface area contributed by atoms with E-state index >= 15 is 0 Å². The van der Waals surface area contributed by atoms with E-state index in [4.69, 9.17) is 0 Å². The molecule has 0 spiro atoms. The molecule has 0 fully saturated rings. The second kappa shape index (κ2) is 8.83. The van der Waals surface area contributed by atoms with Crippen LogP contribution in [-0.2, 0) is 9.59 Å². The Balaban J connectivity index is 1.59. The fourth-order valence-electron chi connectivity index (χ4n) is 2.37. The first-order chi connectivity index (χ1) is 13.0. The van der Waals surface area contributed by atoms with Crippen LogP contribution in [0.1, 0.15) is 12.5 Å². The molecule has 0 unspecified atom stereocenters. The van der Waals surface area contributed by atoms with Gasteiger partial charge in [-0.1, -0.05) is 42.0 Å². The van der Waals surface area contributed by atoms with E-state index in [1.807, 2.05) is 60.8 Å². The zero-order chi connectivity index (χ0) is 19.2. The molecule has 27 heavy (non-hydrogen) atoms. The molecule has 7 heteroatoms. The summed E-state index contributed by atoms with van der Waals surface area (Å²) in [6.07, 6.45) is 0. The fourth-order valence-corrected chi connectivity index (χ4v) is 3.92. The van der Waals surface area contributed by atoms with Crippen molar-refractivity contribution in [3.8, 4) is 11.3 Å². The highest BCUT2D eigenvalue weighted by atomic mass is 32.2. The maximum atomic E-state index is 12.3. The molecule has 0 radical (unpaired) electrons. The van der Waals surface area contributed by atoms with Crippen molar-refractivity contribution in [2.75, 3.05) is 16.4 Å². The van der Waals surface area contributed by atoms with E-state index in [0.717, 1.165) is 16.2 Å². The van der Waals surface area contributed by atoms with E-state index in [2.05, 4.69) is 15.6 Å². The molecule has 2 amide bonds. The topological polar surface area (TPSA) is 71.1 Å². The predicted molar refractivity (Wildman–Crippen MR) is 112 cm³/mol. The molecule has 0 aliphatic carbocycles. The minimum Gasteiger partial charge on any atom is -0.325 e. The number of carbonyl (C=O) groups excluding carboxylic acids is 2. The quantitative estimate of drug-likeness (QED) is 0.586. The average molecular weight is 398 g/mol. The van der Waals surface area contributed by atoms with Crippen LogP contribution in [0.3, 0.4) is 0 Å². The maximum absolute atomic E-state index is 12.3. The highest BCUT2D eigenvalue weighted by Crippen LogP contribution is 2.28. The summed E-state index contributed by atoms with van der Waals surface area (Å²) < 4.78 is 0. The number of aromatic nitrogens is 1. The van der Waals surface area contributed by atoms with Crippen LogP contribution in [0.25, 0.3) is 11.3 Å². The monoisotopic (exact) mass is 397 g/mol. The first-order valence-electron chi connectivity index (χ1n) is 8.33. The van der Waals surface area contributed by atoms with Gasteiger partial charge in [0.15, 0.2) is 5.13 Å². The van der Waals surface area contributed by atoms with Gasteiger partial charge in [-0.15, -0.1) is 23.1 Å². The summed E-state index contributed by atoms with van der Waals surface area (Å²) in [7, 11) is 0. The number of hydrogen-bond donors (Lipinski definition) is 2. The molecular formula is C20H19N3O2S2. The van der Waals surface area contributed by atoms with Gasteiger partial charge in [-0.2, -0.15) is 0 Å². The number of thioether (sulfide) groups is 1. The van der Waals surface area contributed by atoms with Crippen LogP contribution in [0, 0.1) is 6.92 Å². The Morgan fingerprint density at radius 1 is 1.07 bits per heavy atom. The molecule has 1 aromatic heterocycles. The largest absolute Gasteiger partial charge is 0.325 e. The van der Waals surface area contributed by atoms with Gasteiger partial charge in [-0.05, 0) is 19.1 Å². The van der Waals surface area contributed by atoms with Crippen molar-refractivity contribution < 1.29 is 9.59 Å². The van der Waals surface area contributed by atoms with Gasteiger partial charge in [0.2, 0.25) is 11.8 Å². The number of nitrogens with zero attached hydrogens (tertiary/aromatic N) is 1. The second-order valence-corrected chi connectivity index (χ2v) is 7.79. The first-order valence-corrected chi connectivity index (χ1v) is 10.2. The molecule has 0 atom stereocenters. The molecule has 3 aromatic rings. The number of nitrogens with one attached hydrogen (secondary N) is 2. The van der Waals surface area contributed by atoms with Crippen molar-refractivity contribution in [2.24, 2.45) is 0 Å². The van der Waals surface area contributed by atoms with Gasteiger partial charge in [-0.3, -0.25) is 9.59 Å². The minimum atomic E-state index is -0.140. The van der Waals surface area contributed by atoms with Crippen LogP contribution in [-0.4, -0.2) is 22.6 Å². The van der Waals surface area contributed by atoms with Crippen LogP contribution in [0.2, 0.25) is 0 Å². The molecule has 1 heterocycles. The Kier molecular flexibility index (Phi) is 6.26. The molecule has 5 nitrogen and oxygen atoms in total. The summed E-state index contributed by atoms with van der Waals surface area (Å²) in [5.74, 6) is -0.0443. The summed E-state index contributed by atoms with van der Waals surface area (Å²) in [6.45, 7) is 3.50. The number of carbonyl (C=O) groups is 2. The third kappa shape index (κ3) is 5.42. The number of amides is 2. The van der Waals surface area contributed by atoms with Crippen LogP contribution < -0.4 is 10.6 Å². The van der Waals surface area contributed by atoms with Gasteiger partial charge in [0, 0.05) is 22.8 Å². The van der Waals surface area contributed by atoms with Gasteiger partial charge < -0.3 is 10.6 Å². The summed E-state index contributed by atoms with van der Waals surface area (Å²) in [5, 5.41) is 8.11. The summed E-state index contributed by atoms with van der Waals surface area (Å²) in [4.78, 5) is 28.9. The maximum Gasteiger partial charge on any atom is 0.236 e. The van der Waals surface area contributed by atoms with Gasteiger partial charge in [0.05, 0.1) is 17.1 Å². The Bertz CT molecular complexity index is 952. The lowest BCUT2D eigenvalue weighted by Crippen LogP contribution is -2.14. The van der Waals surface area contributed by atoms with Gasteiger partial charge in [0.25, 0.3) is 0 Å². The molecule has 0 saturated carbocycles. The van der Waals surface area contributed by atoms with Crippen molar-refractivity contribution in [3.63, 3.8) is 0 Å². The van der Waals surface area contributed by atoms with Crippen LogP contribution in [0.5, 0.6) is 0 Å². The molecule has 138 valence electrons. The molecule has 0 aliphatic heterocycles. The molecular weight excluding hydrogens is 378 g/mol. The number of rotatable bonds is 6. The van der Waals surface area contributed by atoms with E-state index in [1.165, 1.54) is 35.6 Å². The molecule has 0 saturated heterocycles. The van der Waals surface area contributed by atoms with E-state index in [1.54, 1.807) is 0 Å². The van der Waals surface area contributed by atoms with Gasteiger partial charge in [-0.25, -0.2) is 4.98 Å². The molecule has 3 rings (SSSR count). The highest BCUT2D eigenvalue weighted by molar-refractivity contribution is 8.00. The number of hydrogen-bond acceptors (Lipinski definition) is 5. The zero-order valence-electron chi connectivity index (χ0n) is 15.0. The Morgan fingerprint density at radius 3 is 2.56 bits per heavy atom. The third-order valence-corrected chi connectivity index (χ3v) is 5.49. The normalized spacial score (nSPS) is 10.4. The van der Waals surface area contributed by atoms with Crippen molar-refractivity contribution in [2.45, 2.75) is 18.7 Å². The fraction of sp³-hybridized carbons (Fsp3) is 0.150. The minimum absolute atomic E-state index is 0.137. The van der Waals surface area contributed by atoms with E-state index in [-0.39, 0.29) is 17.6 Å². The van der Waals surface area contributed by atoms with Crippen LogP contribution in [0.4, 0.5) is 10.8 Å². The lowest BCUT2D eigenvalue weighted by atomic mass is 10.1. The molecule has 2 N–H and O–H groups in total. The number of anilines is 2.